The van der Waals surface area contributed by atoms with Crippen LogP contribution in [0.3, 0.4) is 0 Å². The van der Waals surface area contributed by atoms with Crippen LogP contribution in [0.25, 0.3) is 11.1 Å². The van der Waals surface area contributed by atoms with Crippen LogP contribution >= 0.6 is 15.9 Å². The van der Waals surface area contributed by atoms with Gasteiger partial charge in [0.25, 0.3) is 0 Å². The summed E-state index contributed by atoms with van der Waals surface area (Å²) in [6.45, 7) is 13.1. The van der Waals surface area contributed by atoms with Gasteiger partial charge in [-0.2, -0.15) is 0 Å². The molecule has 0 aliphatic rings. The maximum absolute atomic E-state index is 9.69. The average Bonchev–Trinajstić information content (AvgIpc) is 2.72. The van der Waals surface area contributed by atoms with Crippen LogP contribution in [0.2, 0.25) is 0 Å². The van der Waals surface area contributed by atoms with E-state index in [1.54, 1.807) is 0 Å². The van der Waals surface area contributed by atoms with Crippen LogP contribution in [-0.2, 0) is 11.2 Å². The zero-order valence-electron chi connectivity index (χ0n) is 18.0. The number of ketones is 1. The van der Waals surface area contributed by atoms with E-state index in [0.717, 1.165) is 12.1 Å². The topological polar surface area (TPSA) is 30.0 Å². The van der Waals surface area contributed by atoms with Crippen molar-refractivity contribution in [2.75, 3.05) is 0 Å². The number of aryl methyl sites for hydroxylation is 4. The Kier molecular flexibility index (Phi) is 10.9. The lowest BCUT2D eigenvalue weighted by atomic mass is 10.1. The monoisotopic (exact) mass is 451 g/mol. The summed E-state index contributed by atoms with van der Waals surface area (Å²) in [4.78, 5) is 14.0. The van der Waals surface area contributed by atoms with Crippen LogP contribution < -0.4 is 0 Å². The molecule has 3 rings (SSSR count). The van der Waals surface area contributed by atoms with Crippen molar-refractivity contribution in [3.63, 3.8) is 0 Å². The molecule has 2 nitrogen and oxygen atoms in total. The van der Waals surface area contributed by atoms with Crippen LogP contribution in [0.5, 0.6) is 0 Å². The zero-order chi connectivity index (χ0) is 21.8. The molecule has 0 saturated heterocycles. The van der Waals surface area contributed by atoms with Gasteiger partial charge in [0.15, 0.2) is 5.78 Å². The first-order valence-corrected chi connectivity index (χ1v) is 10.4. The molecule has 0 atom stereocenters. The third-order valence-electron chi connectivity index (χ3n) is 4.28. The Morgan fingerprint density at radius 2 is 1.59 bits per heavy atom. The summed E-state index contributed by atoms with van der Waals surface area (Å²) in [6.07, 6.45) is 4.31. The number of hydrogen-bond acceptors (Lipinski definition) is 2. The number of nitrogens with zero attached hydrogens (tertiary/aromatic N) is 1. The van der Waals surface area contributed by atoms with Gasteiger partial charge in [0, 0.05) is 21.9 Å². The summed E-state index contributed by atoms with van der Waals surface area (Å²) in [5.41, 5.74) is 7.55. The highest BCUT2D eigenvalue weighted by atomic mass is 79.9. The lowest BCUT2D eigenvalue weighted by Gasteiger charge is -2.01. The second kappa shape index (κ2) is 12.8. The van der Waals surface area contributed by atoms with Gasteiger partial charge >= 0.3 is 0 Å². The molecule has 0 unspecified atom stereocenters. The molecule has 0 fully saturated rings. The summed E-state index contributed by atoms with van der Waals surface area (Å²) >= 11 is 3.44. The molecule has 0 aliphatic carbocycles. The lowest BCUT2D eigenvalue weighted by Crippen LogP contribution is -1.84. The van der Waals surface area contributed by atoms with Crippen LogP contribution in [-0.4, -0.2) is 10.8 Å². The fourth-order valence-electron chi connectivity index (χ4n) is 2.41. The molecule has 29 heavy (non-hydrogen) atoms. The molecular weight excluding hydrogens is 422 g/mol. The first-order valence-electron chi connectivity index (χ1n) is 9.64. The summed E-state index contributed by atoms with van der Waals surface area (Å²) < 4.78 is 1.18. The van der Waals surface area contributed by atoms with E-state index in [4.69, 9.17) is 0 Å². The van der Waals surface area contributed by atoms with Gasteiger partial charge in [0.2, 0.25) is 0 Å². The molecule has 2 aromatic carbocycles. The van der Waals surface area contributed by atoms with Gasteiger partial charge in [0.05, 0.1) is 0 Å². The first kappa shape index (κ1) is 24.5. The van der Waals surface area contributed by atoms with Crippen molar-refractivity contribution >= 4 is 21.7 Å². The number of hydrogen-bond donors (Lipinski definition) is 0. The number of carbonyl (C=O) groups excluding carboxylic acids is 1. The van der Waals surface area contributed by atoms with Crippen LogP contribution in [0.1, 0.15) is 36.2 Å². The Hall–Kier alpha value is -2.52. The predicted molar refractivity (Wildman–Crippen MR) is 128 cm³/mol. The molecule has 3 aromatic rings. The van der Waals surface area contributed by atoms with Gasteiger partial charge in [-0.05, 0) is 75.1 Å². The van der Waals surface area contributed by atoms with Crippen molar-refractivity contribution < 1.29 is 4.79 Å². The van der Waals surface area contributed by atoms with E-state index in [1.165, 1.54) is 45.3 Å². The number of halogens is 1. The molecule has 0 spiro atoms. The molecule has 0 aliphatic heterocycles. The van der Waals surface area contributed by atoms with Crippen LogP contribution in [0, 0.1) is 20.8 Å². The lowest BCUT2D eigenvalue weighted by molar-refractivity contribution is -0.112. The number of pyridine rings is 1. The Morgan fingerprint density at radius 3 is 2.03 bits per heavy atom. The minimum absolute atomic E-state index is 0.0185. The largest absolute Gasteiger partial charge is 0.295 e. The smallest absolute Gasteiger partial charge is 0.152 e. The number of allylic oxidation sites excluding steroid dienone is 1. The molecule has 1 aromatic heterocycles. The van der Waals surface area contributed by atoms with Gasteiger partial charge < -0.3 is 0 Å². The van der Waals surface area contributed by atoms with E-state index >= 15 is 0 Å². The van der Waals surface area contributed by atoms with E-state index in [9.17, 15) is 4.79 Å². The van der Waals surface area contributed by atoms with Crippen LogP contribution in [0.4, 0.5) is 0 Å². The van der Waals surface area contributed by atoms with E-state index in [2.05, 4.69) is 96.8 Å². The van der Waals surface area contributed by atoms with Gasteiger partial charge in [-0.25, -0.2) is 0 Å². The fraction of sp³-hybridized carbons (Fsp3) is 0.231. The van der Waals surface area contributed by atoms with Crippen molar-refractivity contribution in [3.05, 3.63) is 100 Å². The third-order valence-corrected chi connectivity index (χ3v) is 4.77. The van der Waals surface area contributed by atoms with Crippen molar-refractivity contribution in [1.29, 1.82) is 0 Å². The number of aromatic nitrogens is 1. The summed E-state index contributed by atoms with van der Waals surface area (Å²) in [7, 11) is 0. The van der Waals surface area contributed by atoms with Gasteiger partial charge in [0.1, 0.15) is 0 Å². The standard InChI is InChI=1S/C13H13N.C9H11Br.C4H6O/c1-10-3-6-12(7-4-10)13-8-5-11(2)14-9-13;1-3-8-6-9(10)5-4-7(8)2;1-3-4(2)5/h3-9H,1-2H3;4-6H,3H2,1-2H3;3H,1H2,2H3. The molecule has 0 radical (unpaired) electrons. The minimum atomic E-state index is 0.0185. The van der Waals surface area contributed by atoms with Crippen LogP contribution in [0.15, 0.2) is 77.9 Å². The third kappa shape index (κ3) is 9.49. The molecule has 1 heterocycles. The van der Waals surface area contributed by atoms with Gasteiger partial charge in [-0.1, -0.05) is 71.4 Å². The second-order valence-electron chi connectivity index (χ2n) is 6.79. The maximum Gasteiger partial charge on any atom is 0.152 e. The maximum atomic E-state index is 9.69. The quantitative estimate of drug-likeness (QED) is 0.387. The molecule has 0 N–H and O–H groups in total. The summed E-state index contributed by atoms with van der Waals surface area (Å²) in [5.74, 6) is 0.0185. The predicted octanol–water partition coefficient (Wildman–Crippen LogP) is 7.45. The van der Waals surface area contributed by atoms with E-state index in [0.29, 0.717) is 0 Å². The van der Waals surface area contributed by atoms with E-state index < -0.39 is 0 Å². The molecular formula is C26H30BrNO. The van der Waals surface area contributed by atoms with Crippen molar-refractivity contribution in [2.24, 2.45) is 0 Å². The van der Waals surface area contributed by atoms with E-state index in [1.807, 2.05) is 19.2 Å². The number of carbonyl (C=O) groups is 1. The SMILES string of the molecule is C=CC(C)=O.CCc1cc(Br)ccc1C.Cc1ccc(-c2ccc(C)nc2)cc1. The average molecular weight is 452 g/mol. The minimum Gasteiger partial charge on any atom is -0.295 e. The molecule has 0 saturated carbocycles. The fourth-order valence-corrected chi connectivity index (χ4v) is 2.81. The highest BCUT2D eigenvalue weighted by Crippen LogP contribution is 2.18. The summed E-state index contributed by atoms with van der Waals surface area (Å²) in [5, 5.41) is 0. The Morgan fingerprint density at radius 1 is 1.00 bits per heavy atom. The summed E-state index contributed by atoms with van der Waals surface area (Å²) in [6, 6.07) is 19.0. The normalized spacial score (nSPS) is 9.45. The van der Waals surface area contributed by atoms with Crippen molar-refractivity contribution in [1.82, 2.24) is 4.98 Å². The molecule has 3 heteroatoms. The van der Waals surface area contributed by atoms with E-state index in [-0.39, 0.29) is 5.78 Å². The van der Waals surface area contributed by atoms with Crippen molar-refractivity contribution in [3.8, 4) is 11.1 Å². The number of rotatable bonds is 3. The highest BCUT2D eigenvalue weighted by Gasteiger charge is 1.96. The van der Waals surface area contributed by atoms with Gasteiger partial charge in [-0.3, -0.25) is 9.78 Å². The molecule has 0 amide bonds. The first-order chi connectivity index (χ1) is 13.8. The Balaban J connectivity index is 0.000000245. The molecule has 0 bridgehead atoms. The molecule has 152 valence electrons. The van der Waals surface area contributed by atoms with Gasteiger partial charge in [-0.15, -0.1) is 0 Å². The second-order valence-corrected chi connectivity index (χ2v) is 7.71. The Bertz CT molecular complexity index is 869. The number of benzene rings is 2. The Labute approximate surface area is 183 Å². The zero-order valence-corrected chi connectivity index (χ0v) is 19.6. The van der Waals surface area contributed by atoms with Crippen molar-refractivity contribution in [2.45, 2.75) is 41.0 Å². The highest BCUT2D eigenvalue weighted by molar-refractivity contribution is 9.10.